The zero-order chi connectivity index (χ0) is 23.0. The number of nitrogens with one attached hydrogen (secondary N) is 1. The van der Waals surface area contributed by atoms with Gasteiger partial charge >= 0.3 is 0 Å². The largest absolute Gasteiger partial charge is 0.497 e. The van der Waals surface area contributed by atoms with Gasteiger partial charge in [-0.1, -0.05) is 48.5 Å². The van der Waals surface area contributed by atoms with E-state index in [1.807, 2.05) is 36.4 Å². The second-order valence-corrected chi connectivity index (χ2v) is 9.53. The number of hydrogen-bond acceptors (Lipinski definition) is 5. The normalized spacial score (nSPS) is 13.8. The summed E-state index contributed by atoms with van der Waals surface area (Å²) in [5, 5.41) is 5.95. The molecule has 0 fully saturated rings. The molecule has 2 heterocycles. The van der Waals surface area contributed by atoms with Gasteiger partial charge in [-0.3, -0.25) is 4.79 Å². The first-order valence-electron chi connectivity index (χ1n) is 10.4. The van der Waals surface area contributed by atoms with Crippen molar-refractivity contribution in [3.63, 3.8) is 0 Å². The number of hydrogen-bond donors (Lipinski definition) is 1. The number of carbonyl (C=O) groups is 1. The van der Waals surface area contributed by atoms with Crippen molar-refractivity contribution in [3.8, 4) is 17.0 Å². The summed E-state index contributed by atoms with van der Waals surface area (Å²) in [6.07, 6.45) is 0.145. The zero-order valence-corrected chi connectivity index (χ0v) is 18.7. The smallest absolute Gasteiger partial charge is 0.273 e. The molecule has 0 saturated carbocycles. The Morgan fingerprint density at radius 2 is 1.70 bits per heavy atom. The van der Waals surface area contributed by atoms with Gasteiger partial charge < -0.3 is 9.72 Å². The summed E-state index contributed by atoms with van der Waals surface area (Å²) < 4.78 is 33.1. The maximum Gasteiger partial charge on any atom is 0.273 e. The number of fused-ring (bicyclic) bond motifs is 1. The molecular formula is C25H21N3O4S. The highest BCUT2D eigenvalue weighted by molar-refractivity contribution is 8.06. The van der Waals surface area contributed by atoms with Crippen LogP contribution in [0.1, 0.15) is 16.8 Å². The molecule has 1 amide bonds. The van der Waals surface area contributed by atoms with Gasteiger partial charge in [0.25, 0.3) is 5.91 Å². The lowest BCUT2D eigenvalue weighted by atomic mass is 10.1. The van der Waals surface area contributed by atoms with Gasteiger partial charge in [0.05, 0.1) is 19.3 Å². The highest BCUT2D eigenvalue weighted by atomic mass is 32.2. The predicted molar refractivity (Wildman–Crippen MR) is 127 cm³/mol. The summed E-state index contributed by atoms with van der Waals surface area (Å²) >= 11 is 0. The SMILES string of the molecule is COc1ccc2[nH]c(-c3ccccc3)c(S(=O)(=O)C3=NN(C(=O)c4ccccc4)CC3)c2c1. The van der Waals surface area contributed by atoms with Crippen molar-refractivity contribution < 1.29 is 17.9 Å². The van der Waals surface area contributed by atoms with E-state index in [-0.39, 0.29) is 28.8 Å². The van der Waals surface area contributed by atoms with Gasteiger partial charge in [0.2, 0.25) is 9.84 Å². The minimum Gasteiger partial charge on any atom is -0.497 e. The number of ether oxygens (including phenoxy) is 1. The molecule has 3 aromatic carbocycles. The van der Waals surface area contributed by atoms with Gasteiger partial charge in [-0.25, -0.2) is 13.4 Å². The molecule has 1 aromatic heterocycles. The number of H-pyrrole nitrogens is 1. The minimum absolute atomic E-state index is 0.0346. The molecule has 5 rings (SSSR count). The molecule has 1 N–H and O–H groups in total. The summed E-state index contributed by atoms with van der Waals surface area (Å²) in [7, 11) is -2.47. The standard InChI is InChI=1S/C25H21N3O4S/c1-32-19-12-13-21-20(16-19)24(23(26-21)17-8-4-2-5-9-17)33(30,31)22-14-15-28(27-22)25(29)18-10-6-3-7-11-18/h2-13,16,26H,14-15H2,1H3. The average Bonchev–Trinajstić information content (AvgIpc) is 3.50. The molecule has 0 bridgehead atoms. The second-order valence-electron chi connectivity index (χ2n) is 7.65. The van der Waals surface area contributed by atoms with Crippen LogP contribution < -0.4 is 4.74 Å². The van der Waals surface area contributed by atoms with Gasteiger partial charge in [0.1, 0.15) is 10.6 Å². The van der Waals surface area contributed by atoms with Crippen LogP contribution in [0, 0.1) is 0 Å². The van der Waals surface area contributed by atoms with Crippen LogP contribution in [-0.2, 0) is 9.84 Å². The van der Waals surface area contributed by atoms with Crippen molar-refractivity contribution >= 4 is 31.7 Å². The Balaban J connectivity index is 1.64. The van der Waals surface area contributed by atoms with E-state index in [0.717, 1.165) is 5.56 Å². The van der Waals surface area contributed by atoms with E-state index in [9.17, 15) is 13.2 Å². The Bertz CT molecular complexity index is 1480. The van der Waals surface area contributed by atoms with Crippen molar-refractivity contribution in [3.05, 3.63) is 84.4 Å². The topological polar surface area (TPSA) is 91.8 Å². The Kier molecular flexibility index (Phi) is 5.22. The molecule has 0 spiro atoms. The third kappa shape index (κ3) is 3.68. The van der Waals surface area contributed by atoms with Gasteiger partial charge in [-0.15, -0.1) is 0 Å². The Labute approximate surface area is 191 Å². The van der Waals surface area contributed by atoms with E-state index >= 15 is 0 Å². The van der Waals surface area contributed by atoms with Crippen LogP contribution in [0.4, 0.5) is 0 Å². The van der Waals surface area contributed by atoms with E-state index in [4.69, 9.17) is 4.74 Å². The molecule has 4 aromatic rings. The fourth-order valence-electron chi connectivity index (χ4n) is 3.98. The van der Waals surface area contributed by atoms with Crippen LogP contribution in [0.3, 0.4) is 0 Å². The summed E-state index contributed by atoms with van der Waals surface area (Å²) in [5.74, 6) is 0.219. The van der Waals surface area contributed by atoms with E-state index < -0.39 is 9.84 Å². The highest BCUT2D eigenvalue weighted by Gasteiger charge is 2.35. The van der Waals surface area contributed by atoms with Crippen molar-refractivity contribution in [1.82, 2.24) is 9.99 Å². The monoisotopic (exact) mass is 459 g/mol. The number of benzene rings is 3. The number of rotatable bonds is 4. The number of sulfone groups is 1. The molecule has 33 heavy (non-hydrogen) atoms. The number of aromatic amines is 1. The number of methoxy groups -OCH3 is 1. The number of amides is 1. The van der Waals surface area contributed by atoms with Crippen molar-refractivity contribution in [2.24, 2.45) is 5.10 Å². The lowest BCUT2D eigenvalue weighted by Gasteiger charge is -2.10. The summed E-state index contributed by atoms with van der Waals surface area (Å²) in [5.41, 5.74) is 2.35. The van der Waals surface area contributed by atoms with Crippen molar-refractivity contribution in [2.45, 2.75) is 11.3 Å². The van der Waals surface area contributed by atoms with Crippen LogP contribution in [0.15, 0.2) is 88.9 Å². The van der Waals surface area contributed by atoms with Crippen molar-refractivity contribution in [1.29, 1.82) is 0 Å². The Hall–Kier alpha value is -3.91. The molecule has 7 nitrogen and oxygen atoms in total. The van der Waals surface area contributed by atoms with Gasteiger partial charge in [-0.2, -0.15) is 5.10 Å². The van der Waals surface area contributed by atoms with Gasteiger partial charge in [0, 0.05) is 22.9 Å². The number of nitrogens with zero attached hydrogens (tertiary/aromatic N) is 2. The van der Waals surface area contributed by atoms with Crippen LogP contribution in [-0.4, -0.2) is 43.0 Å². The molecule has 1 aliphatic rings. The van der Waals surface area contributed by atoms with Crippen LogP contribution in [0.5, 0.6) is 5.75 Å². The molecule has 8 heteroatoms. The molecule has 1 aliphatic heterocycles. The highest BCUT2D eigenvalue weighted by Crippen LogP contribution is 2.37. The summed E-state index contributed by atoms with van der Waals surface area (Å²) in [6, 6.07) is 23.3. The third-order valence-electron chi connectivity index (χ3n) is 5.62. The first kappa shape index (κ1) is 21.0. The molecule has 0 atom stereocenters. The van der Waals surface area contributed by atoms with E-state index in [0.29, 0.717) is 27.9 Å². The number of carbonyl (C=O) groups excluding carboxylic acids is 1. The third-order valence-corrected chi connectivity index (χ3v) is 7.49. The van der Waals surface area contributed by atoms with Crippen molar-refractivity contribution in [2.75, 3.05) is 13.7 Å². The summed E-state index contributed by atoms with van der Waals surface area (Å²) in [6.45, 7) is 0.203. The lowest BCUT2D eigenvalue weighted by molar-refractivity contribution is 0.0778. The van der Waals surface area contributed by atoms with Gasteiger partial charge in [0.15, 0.2) is 5.04 Å². The van der Waals surface area contributed by atoms with E-state index in [1.54, 1.807) is 42.5 Å². The number of hydrazone groups is 1. The minimum atomic E-state index is -4.01. The Morgan fingerprint density at radius 1 is 1.00 bits per heavy atom. The molecule has 0 unspecified atom stereocenters. The first-order chi connectivity index (χ1) is 16.0. The van der Waals surface area contributed by atoms with Crippen LogP contribution >= 0.6 is 0 Å². The van der Waals surface area contributed by atoms with Crippen LogP contribution in [0.25, 0.3) is 22.2 Å². The first-order valence-corrected chi connectivity index (χ1v) is 11.9. The quantitative estimate of drug-likeness (QED) is 0.487. The predicted octanol–water partition coefficient (Wildman–Crippen LogP) is 4.48. The zero-order valence-electron chi connectivity index (χ0n) is 17.9. The van der Waals surface area contributed by atoms with E-state index in [2.05, 4.69) is 10.1 Å². The van der Waals surface area contributed by atoms with Crippen LogP contribution in [0.2, 0.25) is 0 Å². The molecule has 166 valence electrons. The average molecular weight is 460 g/mol. The molecular weight excluding hydrogens is 438 g/mol. The molecule has 0 radical (unpaired) electrons. The Morgan fingerprint density at radius 3 is 2.39 bits per heavy atom. The maximum absolute atomic E-state index is 13.9. The molecule has 0 aliphatic carbocycles. The maximum atomic E-state index is 13.9. The fourth-order valence-corrected chi connectivity index (χ4v) is 5.68. The van der Waals surface area contributed by atoms with Gasteiger partial charge in [-0.05, 0) is 35.9 Å². The molecule has 0 saturated heterocycles. The fraction of sp³-hybridized carbons (Fsp3) is 0.120. The van der Waals surface area contributed by atoms with E-state index in [1.165, 1.54) is 12.1 Å². The summed E-state index contributed by atoms with van der Waals surface area (Å²) in [4.78, 5) is 16.2. The second kappa shape index (κ2) is 8.22. The lowest BCUT2D eigenvalue weighted by Crippen LogP contribution is -2.23. The number of aromatic nitrogens is 1.